The van der Waals surface area contributed by atoms with Gasteiger partial charge in [0.1, 0.15) is 6.61 Å². The third-order valence-corrected chi connectivity index (χ3v) is 2.47. The summed E-state index contributed by atoms with van der Waals surface area (Å²) in [6, 6.07) is 7.51. The predicted molar refractivity (Wildman–Crippen MR) is 70.2 cm³/mol. The van der Waals surface area contributed by atoms with Crippen LogP contribution in [0.2, 0.25) is 10.3 Å². The highest BCUT2D eigenvalue weighted by atomic mass is 35.5. The number of hydrogen-bond donors (Lipinski definition) is 1. The maximum absolute atomic E-state index is 5.87. The van der Waals surface area contributed by atoms with Crippen molar-refractivity contribution in [1.82, 2.24) is 15.0 Å². The van der Waals surface area contributed by atoms with Crippen LogP contribution in [0.3, 0.4) is 0 Å². The molecule has 0 bridgehead atoms. The van der Waals surface area contributed by atoms with Crippen LogP contribution < -0.4 is 10.1 Å². The van der Waals surface area contributed by atoms with Gasteiger partial charge in [-0.05, 0) is 29.3 Å². The first-order chi connectivity index (χ1) is 8.67. The second-order valence-corrected chi connectivity index (χ2v) is 4.15. The van der Waals surface area contributed by atoms with E-state index in [-0.39, 0.29) is 11.3 Å². The van der Waals surface area contributed by atoms with Gasteiger partial charge in [-0.1, -0.05) is 23.7 Å². The van der Waals surface area contributed by atoms with Crippen LogP contribution in [-0.4, -0.2) is 22.0 Å². The van der Waals surface area contributed by atoms with E-state index in [4.69, 9.17) is 27.9 Å². The zero-order valence-corrected chi connectivity index (χ0v) is 11.0. The van der Waals surface area contributed by atoms with Crippen molar-refractivity contribution < 1.29 is 4.74 Å². The van der Waals surface area contributed by atoms with Crippen molar-refractivity contribution in [3.63, 3.8) is 0 Å². The Morgan fingerprint density at radius 1 is 1.22 bits per heavy atom. The average molecular weight is 285 g/mol. The Morgan fingerprint density at radius 3 is 2.78 bits per heavy atom. The van der Waals surface area contributed by atoms with Gasteiger partial charge in [0, 0.05) is 12.1 Å². The van der Waals surface area contributed by atoms with Crippen molar-refractivity contribution in [1.29, 1.82) is 0 Å². The van der Waals surface area contributed by atoms with E-state index in [1.54, 1.807) is 13.1 Å². The molecular formula is C11H10Cl2N4O. The Bertz CT molecular complexity index is 550. The molecule has 1 aromatic heterocycles. The molecule has 7 heteroatoms. The summed E-state index contributed by atoms with van der Waals surface area (Å²) in [5, 5.41) is 3.50. The fraction of sp³-hybridized carbons (Fsp3) is 0.182. The zero-order chi connectivity index (χ0) is 13.0. The van der Waals surface area contributed by atoms with E-state index in [9.17, 15) is 0 Å². The third-order valence-electron chi connectivity index (χ3n) is 2.07. The van der Waals surface area contributed by atoms with Crippen LogP contribution in [0.4, 0.5) is 5.95 Å². The molecular weight excluding hydrogens is 275 g/mol. The molecule has 0 radical (unpaired) electrons. The molecule has 0 atom stereocenters. The molecule has 1 heterocycles. The Morgan fingerprint density at radius 2 is 2.06 bits per heavy atom. The lowest BCUT2D eigenvalue weighted by Gasteiger charge is -2.06. The summed E-state index contributed by atoms with van der Waals surface area (Å²) in [6.07, 6.45) is 0. The van der Waals surface area contributed by atoms with E-state index in [2.05, 4.69) is 20.3 Å². The van der Waals surface area contributed by atoms with Gasteiger partial charge in [0.2, 0.25) is 11.2 Å². The van der Waals surface area contributed by atoms with E-state index in [0.717, 1.165) is 5.56 Å². The van der Waals surface area contributed by atoms with E-state index in [1.165, 1.54) is 0 Å². The molecule has 0 spiro atoms. The molecule has 0 aliphatic heterocycles. The van der Waals surface area contributed by atoms with Crippen molar-refractivity contribution >= 4 is 29.2 Å². The van der Waals surface area contributed by atoms with Gasteiger partial charge in [0.25, 0.3) is 0 Å². The lowest BCUT2D eigenvalue weighted by molar-refractivity contribution is 0.280. The molecule has 18 heavy (non-hydrogen) atoms. The first-order valence-electron chi connectivity index (χ1n) is 5.14. The molecule has 1 aromatic carbocycles. The molecule has 0 saturated carbocycles. The average Bonchev–Trinajstić information content (AvgIpc) is 2.36. The molecule has 94 valence electrons. The van der Waals surface area contributed by atoms with Crippen LogP contribution in [-0.2, 0) is 6.61 Å². The first kappa shape index (κ1) is 12.9. The summed E-state index contributed by atoms with van der Waals surface area (Å²) < 4.78 is 5.43. The van der Waals surface area contributed by atoms with Crippen LogP contribution >= 0.6 is 23.2 Å². The van der Waals surface area contributed by atoms with Crippen molar-refractivity contribution in [2.75, 3.05) is 12.4 Å². The quantitative estimate of drug-likeness (QED) is 0.936. The molecule has 2 rings (SSSR count). The molecule has 0 aliphatic rings. The predicted octanol–water partition coefficient (Wildman–Crippen LogP) is 2.80. The molecule has 0 fully saturated rings. The van der Waals surface area contributed by atoms with Gasteiger partial charge < -0.3 is 10.1 Å². The largest absolute Gasteiger partial charge is 0.458 e. The zero-order valence-electron chi connectivity index (χ0n) is 9.52. The highest BCUT2D eigenvalue weighted by molar-refractivity contribution is 6.30. The minimum Gasteiger partial charge on any atom is -0.458 e. The third kappa shape index (κ3) is 3.45. The molecule has 5 nitrogen and oxygen atoms in total. The normalized spacial score (nSPS) is 10.2. The molecule has 2 aromatic rings. The second kappa shape index (κ2) is 5.84. The summed E-state index contributed by atoms with van der Waals surface area (Å²) in [5.41, 5.74) is 0.921. The van der Waals surface area contributed by atoms with E-state index >= 15 is 0 Å². The van der Waals surface area contributed by atoms with Crippen molar-refractivity contribution in [2.45, 2.75) is 6.61 Å². The number of ether oxygens (including phenoxy) is 1. The van der Waals surface area contributed by atoms with Crippen LogP contribution in [0.1, 0.15) is 5.56 Å². The monoisotopic (exact) mass is 284 g/mol. The molecule has 0 unspecified atom stereocenters. The number of aromatic nitrogens is 3. The summed E-state index contributed by atoms with van der Waals surface area (Å²) in [5.74, 6) is 0.357. The lowest BCUT2D eigenvalue weighted by Crippen LogP contribution is -2.04. The van der Waals surface area contributed by atoms with E-state index in [1.807, 2.05) is 18.2 Å². The first-order valence-corrected chi connectivity index (χ1v) is 5.89. The fourth-order valence-electron chi connectivity index (χ4n) is 1.28. The number of benzene rings is 1. The Kier molecular flexibility index (Phi) is 4.17. The number of rotatable bonds is 4. The van der Waals surface area contributed by atoms with Gasteiger partial charge >= 0.3 is 6.01 Å². The van der Waals surface area contributed by atoms with E-state index < -0.39 is 0 Å². The van der Waals surface area contributed by atoms with Gasteiger partial charge in [0.05, 0.1) is 0 Å². The SMILES string of the molecule is CNc1nc(Cl)nc(OCc2cccc(Cl)c2)n1. The van der Waals surface area contributed by atoms with Crippen molar-refractivity contribution in [3.05, 3.63) is 40.1 Å². The smallest absolute Gasteiger partial charge is 0.322 e. The summed E-state index contributed by atoms with van der Waals surface area (Å²) in [4.78, 5) is 11.7. The minimum atomic E-state index is 0.0791. The Hall–Kier alpha value is -1.59. The van der Waals surface area contributed by atoms with Gasteiger partial charge in [0.15, 0.2) is 0 Å². The highest BCUT2D eigenvalue weighted by Gasteiger charge is 2.05. The van der Waals surface area contributed by atoms with Crippen LogP contribution in [0.25, 0.3) is 0 Å². The summed E-state index contributed by atoms with van der Waals surface area (Å²) in [7, 11) is 1.69. The van der Waals surface area contributed by atoms with Gasteiger partial charge in [-0.25, -0.2) is 0 Å². The number of hydrogen-bond acceptors (Lipinski definition) is 5. The highest BCUT2D eigenvalue weighted by Crippen LogP contribution is 2.14. The van der Waals surface area contributed by atoms with Gasteiger partial charge in [-0.3, -0.25) is 0 Å². The molecule has 0 amide bonds. The number of nitrogens with zero attached hydrogens (tertiary/aromatic N) is 3. The van der Waals surface area contributed by atoms with Crippen molar-refractivity contribution in [3.8, 4) is 6.01 Å². The van der Waals surface area contributed by atoms with Crippen LogP contribution in [0.15, 0.2) is 24.3 Å². The van der Waals surface area contributed by atoms with Crippen molar-refractivity contribution in [2.24, 2.45) is 0 Å². The Balaban J connectivity index is 2.08. The maximum atomic E-state index is 5.87. The summed E-state index contributed by atoms with van der Waals surface area (Å²) in [6.45, 7) is 0.310. The fourth-order valence-corrected chi connectivity index (χ4v) is 1.65. The molecule has 0 aliphatic carbocycles. The van der Waals surface area contributed by atoms with E-state index in [0.29, 0.717) is 17.6 Å². The lowest BCUT2D eigenvalue weighted by atomic mass is 10.2. The standard InChI is InChI=1S/C11H10Cl2N4O/c1-14-10-15-9(13)16-11(17-10)18-6-7-3-2-4-8(12)5-7/h2-5H,6H2,1H3,(H,14,15,16,17). The Labute approximate surface area is 114 Å². The summed E-state index contributed by atoms with van der Waals surface area (Å²) >= 11 is 11.6. The maximum Gasteiger partial charge on any atom is 0.322 e. The van der Waals surface area contributed by atoms with Crippen LogP contribution in [0.5, 0.6) is 6.01 Å². The number of anilines is 1. The number of halogens is 2. The van der Waals surface area contributed by atoms with Gasteiger partial charge in [-0.2, -0.15) is 15.0 Å². The van der Waals surface area contributed by atoms with Gasteiger partial charge in [-0.15, -0.1) is 0 Å². The number of nitrogens with one attached hydrogen (secondary N) is 1. The minimum absolute atomic E-state index is 0.0791. The molecule has 0 saturated heterocycles. The topological polar surface area (TPSA) is 59.9 Å². The second-order valence-electron chi connectivity index (χ2n) is 3.38. The molecule has 1 N–H and O–H groups in total. The van der Waals surface area contributed by atoms with Crippen LogP contribution in [0, 0.1) is 0 Å².